The van der Waals surface area contributed by atoms with Crippen molar-refractivity contribution in [2.45, 2.75) is 32.9 Å². The van der Waals surface area contributed by atoms with Gasteiger partial charge in [-0.15, -0.1) is 119 Å². The predicted octanol–water partition coefficient (Wildman–Crippen LogP) is 15.0. The first kappa shape index (κ1) is 48.7. The van der Waals surface area contributed by atoms with Crippen molar-refractivity contribution in [3.8, 4) is 0 Å². The maximum absolute atomic E-state index is 4.93. The van der Waals surface area contributed by atoms with Gasteiger partial charge in [0.25, 0.3) is 0 Å². The van der Waals surface area contributed by atoms with Crippen LogP contribution in [0.25, 0.3) is 43.1 Å². The molecule has 0 aliphatic carbocycles. The second-order valence-electron chi connectivity index (χ2n) is 9.47. The molecule has 0 aliphatic rings. The molecule has 0 nitrogen and oxygen atoms in total. The molecule has 0 saturated heterocycles. The van der Waals surface area contributed by atoms with E-state index in [1.54, 1.807) is 6.92 Å². The van der Waals surface area contributed by atoms with Crippen LogP contribution in [0.3, 0.4) is 0 Å². The number of halogens is 4. The summed E-state index contributed by atoms with van der Waals surface area (Å²) in [4.78, 5) is 0. The van der Waals surface area contributed by atoms with Gasteiger partial charge < -0.3 is 6.92 Å². The van der Waals surface area contributed by atoms with Crippen LogP contribution < -0.4 is 0 Å². The smallest absolute Gasteiger partial charge is 0.0809 e. The Morgan fingerprint density at radius 1 is 0.480 bits per heavy atom. The summed E-state index contributed by atoms with van der Waals surface area (Å²) in [5.41, 5.74) is 0. The van der Waals surface area contributed by atoms with Crippen LogP contribution in [-0.4, -0.2) is 20.5 Å². The van der Waals surface area contributed by atoms with Gasteiger partial charge in [-0.3, -0.25) is 0 Å². The minimum absolute atomic E-state index is 0.826. The predicted molar refractivity (Wildman–Crippen MR) is 225 cm³/mol. The molecule has 0 aliphatic heterocycles. The van der Waals surface area contributed by atoms with Crippen LogP contribution in [0, 0.1) is 6.92 Å². The summed E-state index contributed by atoms with van der Waals surface area (Å²) in [5, 5.41) is 10.6. The van der Waals surface area contributed by atoms with E-state index in [1.165, 1.54) is 43.1 Å². The zero-order valence-corrected chi connectivity index (χ0v) is 38.7. The van der Waals surface area contributed by atoms with E-state index in [4.69, 9.17) is 34.1 Å². The molecule has 8 rings (SSSR count). The van der Waals surface area contributed by atoms with Crippen molar-refractivity contribution in [3.63, 3.8) is 0 Å². The Morgan fingerprint density at radius 3 is 0.800 bits per heavy atom. The molecule has 6 radical (unpaired) electrons. The normalized spacial score (nSPS) is 8.68. The van der Waals surface area contributed by atoms with E-state index in [2.05, 4.69) is 197 Å². The van der Waals surface area contributed by atoms with Crippen molar-refractivity contribution >= 4 is 97.6 Å². The van der Waals surface area contributed by atoms with Gasteiger partial charge in [0, 0.05) is 20.5 Å². The molecule has 0 unspecified atom stereocenters. The standard InChI is InChI=1S/4C9H7.2C2H5Si.C2H5.4ClH.2Zr/c4*1-2-5-9-7-3-6-8(9)4-1;2*1-2-3;1-2;;;;;;/h4*1-7H;2*2H2,1H3;1H2,2H3;4*1H;;/q4*-1;;;-1;;;;;+2;+4/p-4. The molecule has 0 spiro atoms. The van der Waals surface area contributed by atoms with Crippen molar-refractivity contribution in [3.05, 3.63) is 177 Å². The first-order valence-corrected chi connectivity index (χ1v) is 29.9. The topological polar surface area (TPSA) is 0 Å². The molecule has 258 valence electrons. The summed E-state index contributed by atoms with van der Waals surface area (Å²) in [7, 11) is 26.1. The molecular weight excluding hydrogens is 885 g/mol. The third kappa shape index (κ3) is 21.9. The molecule has 0 bridgehead atoms. The van der Waals surface area contributed by atoms with Gasteiger partial charge in [-0.05, 0) is 0 Å². The molecular formula is C42H43Cl4Si2Zr2-3. The van der Waals surface area contributed by atoms with Crippen molar-refractivity contribution in [1.29, 1.82) is 0 Å². The Kier molecular flexibility index (Phi) is 33.8. The Balaban J connectivity index is 0.000000572. The van der Waals surface area contributed by atoms with E-state index in [1.807, 2.05) is 13.8 Å². The fourth-order valence-corrected chi connectivity index (χ4v) is 4.28. The molecule has 0 N–H and O–H groups in total. The van der Waals surface area contributed by atoms with E-state index >= 15 is 0 Å². The second kappa shape index (κ2) is 34.7. The zero-order valence-electron chi connectivity index (χ0n) is 28.8. The Labute approximate surface area is 345 Å². The minimum Gasteiger partial charge on any atom is -0.168 e. The van der Waals surface area contributed by atoms with Crippen molar-refractivity contribution in [1.82, 2.24) is 0 Å². The summed E-state index contributed by atoms with van der Waals surface area (Å²) < 4.78 is 0. The molecule has 0 amide bonds. The molecule has 0 fully saturated rings. The molecule has 8 heteroatoms. The molecule has 0 atom stereocenters. The molecule has 8 aromatic carbocycles. The first-order valence-electron chi connectivity index (χ1n) is 15.9. The Hall–Kier alpha value is -1.32. The van der Waals surface area contributed by atoms with Gasteiger partial charge in [0.2, 0.25) is 0 Å². The monoisotopic (exact) mass is 923 g/mol. The number of fused-ring (bicyclic) bond motifs is 4. The van der Waals surface area contributed by atoms with E-state index in [-0.39, 0.29) is 0 Å². The number of hydrogen-bond donors (Lipinski definition) is 0. The van der Waals surface area contributed by atoms with Gasteiger partial charge in [-0.25, -0.2) is 0 Å². The average molecular weight is 928 g/mol. The van der Waals surface area contributed by atoms with Crippen LogP contribution in [0.5, 0.6) is 0 Å². The van der Waals surface area contributed by atoms with Crippen LogP contribution in [-0.2, 0) is 41.7 Å². The van der Waals surface area contributed by atoms with E-state index in [0.29, 0.717) is 0 Å². The van der Waals surface area contributed by atoms with Gasteiger partial charge in [-0.2, -0.15) is 77.0 Å². The Bertz CT molecular complexity index is 1460. The number of hydrogen-bond acceptors (Lipinski definition) is 0. The van der Waals surface area contributed by atoms with E-state index < -0.39 is 41.7 Å². The van der Waals surface area contributed by atoms with Crippen LogP contribution in [0.4, 0.5) is 0 Å². The van der Waals surface area contributed by atoms with Gasteiger partial charge in [0.05, 0.1) is 0 Å². The zero-order chi connectivity index (χ0) is 37.2. The van der Waals surface area contributed by atoms with Gasteiger partial charge in [0.15, 0.2) is 0 Å². The fourth-order valence-electron chi connectivity index (χ4n) is 4.28. The van der Waals surface area contributed by atoms with E-state index in [0.717, 1.165) is 12.1 Å². The largest absolute Gasteiger partial charge is 0.168 e. The minimum atomic E-state index is -0.826. The molecule has 0 heterocycles. The molecule has 0 aromatic heterocycles. The van der Waals surface area contributed by atoms with Crippen molar-refractivity contribution in [2.24, 2.45) is 0 Å². The van der Waals surface area contributed by atoms with Crippen LogP contribution >= 0.6 is 34.1 Å². The summed E-state index contributed by atoms with van der Waals surface area (Å²) in [6, 6.07) is 60.8. The second-order valence-corrected chi connectivity index (χ2v) is 18.3. The van der Waals surface area contributed by atoms with Gasteiger partial charge >= 0.3 is 75.7 Å². The van der Waals surface area contributed by atoms with Gasteiger partial charge in [-0.1, -0.05) is 50.2 Å². The SMILES string of the molecule is CC[Si].CC[Si].[CH2-]C.[Cl][Zr+2][Cl].[Cl][Zr][Cl].c1ccc2[cH-]ccc2c1.c1ccc2[cH-]ccc2c1.c1ccc2[cH-]ccc2c1.c1ccc2[cH-]ccc2c1. The maximum Gasteiger partial charge on any atom is -0.0809 e. The maximum atomic E-state index is 4.93. The summed E-state index contributed by atoms with van der Waals surface area (Å²) in [5.74, 6) is 0. The summed E-state index contributed by atoms with van der Waals surface area (Å²) in [6.45, 7) is 9.08. The number of benzene rings is 4. The summed E-state index contributed by atoms with van der Waals surface area (Å²) >= 11 is -1.65. The van der Waals surface area contributed by atoms with E-state index in [9.17, 15) is 0 Å². The molecule has 8 aromatic rings. The average Bonchev–Trinajstić information content (AvgIpc) is 3.98. The van der Waals surface area contributed by atoms with Crippen molar-refractivity contribution in [2.75, 3.05) is 0 Å². The van der Waals surface area contributed by atoms with Crippen LogP contribution in [0.2, 0.25) is 12.1 Å². The molecule has 0 saturated carbocycles. The number of rotatable bonds is 0. The molecule has 50 heavy (non-hydrogen) atoms. The van der Waals surface area contributed by atoms with Crippen molar-refractivity contribution < 1.29 is 41.7 Å². The third-order valence-electron chi connectivity index (χ3n) is 6.19. The summed E-state index contributed by atoms with van der Waals surface area (Å²) in [6.07, 6.45) is 0. The first-order chi connectivity index (χ1) is 24.5. The van der Waals surface area contributed by atoms with Gasteiger partial charge in [0.1, 0.15) is 0 Å². The van der Waals surface area contributed by atoms with Crippen LogP contribution in [0.1, 0.15) is 20.8 Å². The Morgan fingerprint density at radius 2 is 0.640 bits per heavy atom. The quantitative estimate of drug-likeness (QED) is 0.105. The fraction of sp³-hybridized carbons (Fsp3) is 0.119. The van der Waals surface area contributed by atoms with Crippen LogP contribution in [0.15, 0.2) is 170 Å². The third-order valence-corrected chi connectivity index (χ3v) is 6.19.